The number of hydrogen-bond acceptors (Lipinski definition) is 3. The van der Waals surface area contributed by atoms with Gasteiger partial charge in [0, 0.05) is 35.4 Å². The van der Waals surface area contributed by atoms with E-state index in [0.29, 0.717) is 10.7 Å². The highest BCUT2D eigenvalue weighted by molar-refractivity contribution is 6.32. The summed E-state index contributed by atoms with van der Waals surface area (Å²) in [5.41, 5.74) is 3.67. The Morgan fingerprint density at radius 1 is 1.03 bits per heavy atom. The number of unbranched alkanes of at least 4 members (excludes halogenated alkanes) is 2. The van der Waals surface area contributed by atoms with Crippen LogP contribution in [0.3, 0.4) is 0 Å². The minimum Gasteiger partial charge on any atom is -0.375 e. The maximum absolute atomic E-state index is 13.0. The molecule has 0 radical (unpaired) electrons. The molecule has 0 atom stereocenters. The first-order chi connectivity index (χ1) is 14.1. The van der Waals surface area contributed by atoms with Crippen LogP contribution < -0.4 is 5.32 Å². The number of aliphatic imine (C=N–C) groups is 1. The zero-order valence-electron chi connectivity index (χ0n) is 17.1. The lowest BCUT2D eigenvalue weighted by Crippen LogP contribution is -2.23. The fourth-order valence-corrected chi connectivity index (χ4v) is 3.45. The maximum atomic E-state index is 13.0. The van der Waals surface area contributed by atoms with Crippen LogP contribution in [0, 0.1) is 0 Å². The average molecular weight is 410 g/mol. The van der Waals surface area contributed by atoms with Gasteiger partial charge in [-0.2, -0.15) is 0 Å². The van der Waals surface area contributed by atoms with Gasteiger partial charge >= 0.3 is 0 Å². The highest BCUT2D eigenvalue weighted by Crippen LogP contribution is 2.28. The van der Waals surface area contributed by atoms with Crippen LogP contribution >= 0.6 is 11.6 Å². The molecule has 0 unspecified atom stereocenters. The number of hydrogen-bond donors (Lipinski definition) is 1. The molecular formula is C24H28ClN3O. The summed E-state index contributed by atoms with van der Waals surface area (Å²) in [7, 11) is 0. The van der Waals surface area contributed by atoms with E-state index in [-0.39, 0.29) is 5.91 Å². The summed E-state index contributed by atoms with van der Waals surface area (Å²) in [6.07, 6.45) is 6.30. The molecule has 3 rings (SSSR count). The lowest BCUT2D eigenvalue weighted by Gasteiger charge is -2.20. The molecule has 2 aromatic rings. The highest BCUT2D eigenvalue weighted by atomic mass is 35.5. The zero-order chi connectivity index (χ0) is 20.6. The van der Waals surface area contributed by atoms with E-state index in [2.05, 4.69) is 24.1 Å². The van der Waals surface area contributed by atoms with E-state index in [4.69, 9.17) is 16.6 Å². The van der Waals surface area contributed by atoms with Gasteiger partial charge in [-0.1, -0.05) is 68.6 Å². The minimum absolute atomic E-state index is 0.197. The summed E-state index contributed by atoms with van der Waals surface area (Å²) in [5.74, 6) is -0.197. The molecule has 0 bridgehead atoms. The number of anilines is 1. The van der Waals surface area contributed by atoms with E-state index in [9.17, 15) is 4.79 Å². The van der Waals surface area contributed by atoms with Crippen LogP contribution in [0.1, 0.15) is 50.7 Å². The first-order valence-corrected chi connectivity index (χ1v) is 10.7. The van der Waals surface area contributed by atoms with Gasteiger partial charge < -0.3 is 10.2 Å². The molecular weight excluding hydrogens is 382 g/mol. The number of carbonyl (C=O) groups is 1. The molecule has 1 amide bonds. The predicted octanol–water partition coefficient (Wildman–Crippen LogP) is 5.87. The number of halogens is 1. The van der Waals surface area contributed by atoms with Crippen LogP contribution in [-0.2, 0) is 4.79 Å². The molecule has 1 heterocycles. The second-order valence-corrected chi connectivity index (χ2v) is 7.66. The number of nitrogens with one attached hydrogen (secondary N) is 1. The molecule has 4 nitrogen and oxygen atoms in total. The van der Waals surface area contributed by atoms with Gasteiger partial charge in [0.1, 0.15) is 5.70 Å². The maximum Gasteiger partial charge on any atom is 0.275 e. The number of fused-ring (bicyclic) bond motifs is 1. The molecule has 0 spiro atoms. The first-order valence-electron chi connectivity index (χ1n) is 10.3. The summed E-state index contributed by atoms with van der Waals surface area (Å²) >= 11 is 6.26. The lowest BCUT2D eigenvalue weighted by molar-refractivity contribution is -0.112. The second-order valence-electron chi connectivity index (χ2n) is 7.23. The van der Waals surface area contributed by atoms with Crippen LogP contribution in [0.5, 0.6) is 0 Å². The number of benzene rings is 2. The van der Waals surface area contributed by atoms with Gasteiger partial charge in [0.15, 0.2) is 0 Å². The van der Waals surface area contributed by atoms with E-state index < -0.39 is 0 Å². The number of amides is 1. The quantitative estimate of drug-likeness (QED) is 0.554. The van der Waals surface area contributed by atoms with Crippen LogP contribution in [-0.4, -0.2) is 29.6 Å². The van der Waals surface area contributed by atoms with Gasteiger partial charge in [-0.3, -0.25) is 4.79 Å². The topological polar surface area (TPSA) is 44.7 Å². The van der Waals surface area contributed by atoms with Crippen molar-refractivity contribution in [3.63, 3.8) is 0 Å². The third-order valence-electron chi connectivity index (χ3n) is 4.90. The summed E-state index contributed by atoms with van der Waals surface area (Å²) in [6.45, 7) is 6.19. The number of benzodiazepines with no additional fused rings is 1. The largest absolute Gasteiger partial charge is 0.375 e. The van der Waals surface area contributed by atoms with Gasteiger partial charge in [0.2, 0.25) is 0 Å². The fourth-order valence-electron chi connectivity index (χ4n) is 3.28. The molecule has 1 N–H and O–H groups in total. The Morgan fingerprint density at radius 2 is 1.72 bits per heavy atom. The van der Waals surface area contributed by atoms with E-state index in [1.807, 2.05) is 48.7 Å². The molecule has 5 heteroatoms. The number of nitrogens with zero attached hydrogens (tertiary/aromatic N) is 2. The molecule has 1 aliphatic rings. The Bertz CT molecular complexity index is 898. The van der Waals surface area contributed by atoms with Crippen molar-refractivity contribution in [1.82, 2.24) is 4.90 Å². The minimum atomic E-state index is -0.197. The standard InChI is InChI=1S/C24H28ClN3O/c1-3-5-14-28(15-6-4-2)17-22-24(29)27-21-13-12-19(25)16-20(21)23(26-22)18-10-8-7-9-11-18/h7-13,16-17H,3-6,14-15H2,1-2H3,(H,27,29)/b22-17+. The van der Waals surface area contributed by atoms with Crippen molar-refractivity contribution in [2.75, 3.05) is 18.4 Å². The third kappa shape index (κ3) is 5.48. The zero-order valence-corrected chi connectivity index (χ0v) is 17.9. The Morgan fingerprint density at radius 3 is 2.38 bits per heavy atom. The SMILES string of the molecule is CCCCN(/C=C1/N=C(c2ccccc2)c2cc(Cl)ccc2NC1=O)CCCC. The average Bonchev–Trinajstić information content (AvgIpc) is 2.87. The van der Waals surface area contributed by atoms with Gasteiger partial charge in [-0.05, 0) is 31.0 Å². The van der Waals surface area contributed by atoms with Crippen molar-refractivity contribution >= 4 is 28.9 Å². The highest BCUT2D eigenvalue weighted by Gasteiger charge is 2.22. The van der Waals surface area contributed by atoms with E-state index >= 15 is 0 Å². The van der Waals surface area contributed by atoms with E-state index in [1.165, 1.54) is 0 Å². The van der Waals surface area contributed by atoms with Gasteiger partial charge in [-0.15, -0.1) is 0 Å². The second kappa shape index (κ2) is 10.3. The molecule has 0 saturated heterocycles. The summed E-state index contributed by atoms with van der Waals surface area (Å²) in [4.78, 5) is 20.0. The molecule has 0 aliphatic carbocycles. The van der Waals surface area contributed by atoms with Crippen molar-refractivity contribution in [3.8, 4) is 0 Å². The normalized spacial score (nSPS) is 14.8. The Hall–Kier alpha value is -2.59. The smallest absolute Gasteiger partial charge is 0.275 e. The molecule has 2 aromatic carbocycles. The third-order valence-corrected chi connectivity index (χ3v) is 5.13. The molecule has 152 valence electrons. The van der Waals surface area contributed by atoms with Gasteiger partial charge in [-0.25, -0.2) is 4.99 Å². The van der Waals surface area contributed by atoms with E-state index in [1.54, 1.807) is 6.07 Å². The van der Waals surface area contributed by atoms with E-state index in [0.717, 1.165) is 61.3 Å². The van der Waals surface area contributed by atoms with Crippen LogP contribution in [0.25, 0.3) is 0 Å². The molecule has 0 aromatic heterocycles. The number of carbonyl (C=O) groups excluding carboxylic acids is 1. The van der Waals surface area contributed by atoms with Crippen molar-refractivity contribution in [2.24, 2.45) is 4.99 Å². The summed E-state index contributed by atoms with van der Waals surface area (Å²) in [6, 6.07) is 15.4. The van der Waals surface area contributed by atoms with Gasteiger partial charge in [0.25, 0.3) is 5.91 Å². The Kier molecular flexibility index (Phi) is 7.48. The Labute approximate surface area is 178 Å². The first kappa shape index (κ1) is 21.1. The van der Waals surface area contributed by atoms with Crippen LogP contribution in [0.15, 0.2) is 65.4 Å². The lowest BCUT2D eigenvalue weighted by atomic mass is 10.0. The Balaban J connectivity index is 2.08. The number of rotatable bonds is 8. The van der Waals surface area contributed by atoms with Crippen molar-refractivity contribution < 1.29 is 4.79 Å². The predicted molar refractivity (Wildman–Crippen MR) is 122 cm³/mol. The fraction of sp³-hybridized carbons (Fsp3) is 0.333. The monoisotopic (exact) mass is 409 g/mol. The molecule has 0 saturated carbocycles. The molecule has 0 fully saturated rings. The van der Waals surface area contributed by atoms with Crippen LogP contribution in [0.4, 0.5) is 5.69 Å². The molecule has 1 aliphatic heterocycles. The summed E-state index contributed by atoms with van der Waals surface area (Å²) in [5, 5.41) is 3.62. The van der Waals surface area contributed by atoms with Crippen molar-refractivity contribution in [3.05, 3.63) is 76.6 Å². The van der Waals surface area contributed by atoms with Gasteiger partial charge in [0.05, 0.1) is 11.4 Å². The molecule has 29 heavy (non-hydrogen) atoms. The summed E-state index contributed by atoms with van der Waals surface area (Å²) < 4.78 is 0. The van der Waals surface area contributed by atoms with Crippen molar-refractivity contribution in [1.29, 1.82) is 0 Å². The van der Waals surface area contributed by atoms with Crippen molar-refractivity contribution in [2.45, 2.75) is 39.5 Å². The van der Waals surface area contributed by atoms with Crippen LogP contribution in [0.2, 0.25) is 5.02 Å².